The molecule has 0 saturated carbocycles. The third kappa shape index (κ3) is 1.81. The molecule has 22 heavy (non-hydrogen) atoms. The lowest BCUT2D eigenvalue weighted by Crippen LogP contribution is -2.59. The van der Waals surface area contributed by atoms with Crippen molar-refractivity contribution in [3.63, 3.8) is 0 Å². The maximum Gasteiger partial charge on any atom is 0.266 e. The lowest BCUT2D eigenvalue weighted by Gasteiger charge is -2.44. The first-order chi connectivity index (χ1) is 10.9. The Balaban J connectivity index is 1.43. The smallest absolute Gasteiger partial charge is 0.266 e. The lowest BCUT2D eigenvalue weighted by atomic mass is 10.3. The number of fused-ring (bicyclic) bond motifs is 4. The highest BCUT2D eigenvalue weighted by molar-refractivity contribution is 5.42. The molecular weight excluding hydrogens is 288 g/mol. The van der Waals surface area contributed by atoms with Gasteiger partial charge in [-0.15, -0.1) is 0 Å². The van der Waals surface area contributed by atoms with Crippen LogP contribution < -0.4 is 18.9 Å². The van der Waals surface area contributed by atoms with Crippen molar-refractivity contribution in [1.29, 1.82) is 0 Å². The highest BCUT2D eigenvalue weighted by Crippen LogP contribution is 2.41. The van der Waals surface area contributed by atoms with Crippen molar-refractivity contribution < 1.29 is 28.4 Å². The summed E-state index contributed by atoms with van der Waals surface area (Å²) in [5, 5.41) is 0. The maximum absolute atomic E-state index is 5.79. The van der Waals surface area contributed by atoms with Crippen LogP contribution in [0, 0.1) is 0 Å². The highest BCUT2D eigenvalue weighted by Gasteiger charge is 2.48. The molecule has 4 unspecified atom stereocenters. The fourth-order valence-corrected chi connectivity index (χ4v) is 2.64. The van der Waals surface area contributed by atoms with Crippen LogP contribution in [-0.2, 0) is 9.47 Å². The zero-order valence-corrected chi connectivity index (χ0v) is 11.4. The number of para-hydroxylation sites is 4. The van der Waals surface area contributed by atoms with Crippen molar-refractivity contribution in [2.45, 2.75) is 25.2 Å². The Morgan fingerprint density at radius 3 is 1.00 bits per heavy atom. The molecular formula is C16H12O6. The van der Waals surface area contributed by atoms with Gasteiger partial charge in [-0.25, -0.2) is 0 Å². The zero-order valence-electron chi connectivity index (χ0n) is 11.4. The molecule has 2 aromatic carbocycles. The minimum Gasteiger partial charge on any atom is -0.454 e. The van der Waals surface area contributed by atoms with Crippen molar-refractivity contribution in [3.05, 3.63) is 48.5 Å². The standard InChI is InChI=1S/C16H12O6/c1-2-6-10-9(5-1)17-13-14(18-10)22-16-15(21-13)19-11-7-3-4-8-12(11)20-16/h1-8,13-16H. The number of rotatable bonds is 0. The van der Waals surface area contributed by atoms with Crippen molar-refractivity contribution >= 4 is 0 Å². The molecule has 0 aliphatic carbocycles. The molecule has 3 aliphatic rings. The van der Waals surface area contributed by atoms with Crippen LogP contribution in [-0.4, -0.2) is 25.2 Å². The number of ether oxygens (including phenoxy) is 6. The van der Waals surface area contributed by atoms with Gasteiger partial charge in [-0.1, -0.05) is 24.3 Å². The lowest BCUT2D eigenvalue weighted by molar-refractivity contribution is -0.399. The summed E-state index contributed by atoms with van der Waals surface area (Å²) in [6, 6.07) is 14.7. The van der Waals surface area contributed by atoms with E-state index < -0.39 is 25.2 Å². The van der Waals surface area contributed by atoms with Crippen molar-refractivity contribution in [1.82, 2.24) is 0 Å². The van der Waals surface area contributed by atoms with Gasteiger partial charge in [-0.05, 0) is 24.3 Å². The van der Waals surface area contributed by atoms with Gasteiger partial charge < -0.3 is 18.9 Å². The largest absolute Gasteiger partial charge is 0.454 e. The quantitative estimate of drug-likeness (QED) is 0.744. The summed E-state index contributed by atoms with van der Waals surface area (Å²) in [7, 11) is 0. The van der Waals surface area contributed by atoms with E-state index in [2.05, 4.69) is 0 Å². The Morgan fingerprint density at radius 1 is 0.455 bits per heavy atom. The Bertz CT molecular complexity index is 598. The van der Waals surface area contributed by atoms with Crippen LogP contribution in [0.5, 0.6) is 23.0 Å². The average molecular weight is 300 g/mol. The second-order valence-electron chi connectivity index (χ2n) is 5.11. The predicted octanol–water partition coefficient (Wildman–Crippen LogP) is 2.28. The molecule has 5 rings (SSSR count). The van der Waals surface area contributed by atoms with E-state index in [1.54, 1.807) is 0 Å². The van der Waals surface area contributed by atoms with Crippen LogP contribution >= 0.6 is 0 Å². The number of benzene rings is 2. The van der Waals surface area contributed by atoms with Crippen molar-refractivity contribution in [3.8, 4) is 23.0 Å². The van der Waals surface area contributed by atoms with Gasteiger partial charge in [-0.3, -0.25) is 9.47 Å². The topological polar surface area (TPSA) is 55.4 Å². The van der Waals surface area contributed by atoms with Gasteiger partial charge in [0.2, 0.25) is 0 Å². The van der Waals surface area contributed by atoms with E-state index in [1.165, 1.54) is 0 Å². The van der Waals surface area contributed by atoms with Crippen LogP contribution in [0.2, 0.25) is 0 Å². The number of hydrogen-bond acceptors (Lipinski definition) is 6. The average Bonchev–Trinajstić information content (AvgIpc) is 2.56. The monoisotopic (exact) mass is 300 g/mol. The first-order valence-corrected chi connectivity index (χ1v) is 7.02. The van der Waals surface area contributed by atoms with Crippen LogP contribution in [0.3, 0.4) is 0 Å². The molecule has 0 radical (unpaired) electrons. The number of hydrogen-bond donors (Lipinski definition) is 0. The molecule has 0 spiro atoms. The summed E-state index contributed by atoms with van der Waals surface area (Å²) < 4.78 is 34.6. The summed E-state index contributed by atoms with van der Waals surface area (Å²) in [6.45, 7) is 0. The Morgan fingerprint density at radius 2 is 0.727 bits per heavy atom. The van der Waals surface area contributed by atoms with E-state index in [0.717, 1.165) is 0 Å². The molecule has 0 bridgehead atoms. The predicted molar refractivity (Wildman–Crippen MR) is 72.7 cm³/mol. The minimum atomic E-state index is -0.704. The van der Waals surface area contributed by atoms with Crippen LogP contribution in [0.15, 0.2) is 48.5 Å². The molecule has 6 heteroatoms. The molecule has 6 nitrogen and oxygen atoms in total. The van der Waals surface area contributed by atoms with Crippen LogP contribution in [0.25, 0.3) is 0 Å². The van der Waals surface area contributed by atoms with E-state index in [1.807, 2.05) is 48.5 Å². The minimum absolute atomic E-state index is 0.614. The van der Waals surface area contributed by atoms with Crippen molar-refractivity contribution in [2.75, 3.05) is 0 Å². The normalized spacial score (nSPS) is 30.9. The second-order valence-corrected chi connectivity index (χ2v) is 5.11. The third-order valence-corrected chi connectivity index (χ3v) is 3.65. The fourth-order valence-electron chi connectivity index (χ4n) is 2.64. The third-order valence-electron chi connectivity index (χ3n) is 3.65. The first-order valence-electron chi connectivity index (χ1n) is 7.02. The molecule has 0 aromatic heterocycles. The zero-order chi connectivity index (χ0) is 14.5. The van der Waals surface area contributed by atoms with Crippen molar-refractivity contribution in [2.24, 2.45) is 0 Å². The molecule has 4 atom stereocenters. The van der Waals surface area contributed by atoms with Gasteiger partial charge in [-0.2, -0.15) is 0 Å². The van der Waals surface area contributed by atoms with E-state index in [9.17, 15) is 0 Å². The Labute approximate surface area is 126 Å². The summed E-state index contributed by atoms with van der Waals surface area (Å²) >= 11 is 0. The molecule has 0 N–H and O–H groups in total. The van der Waals surface area contributed by atoms with Crippen LogP contribution in [0.4, 0.5) is 0 Å². The molecule has 1 fully saturated rings. The SMILES string of the molecule is c1ccc2c(c1)OC1OC3Oc4ccccc4OC3OC1O2. The molecule has 112 valence electrons. The summed E-state index contributed by atoms with van der Waals surface area (Å²) in [4.78, 5) is 0. The first kappa shape index (κ1) is 12.1. The Hall–Kier alpha value is -2.44. The van der Waals surface area contributed by atoms with Crippen LogP contribution in [0.1, 0.15) is 0 Å². The van der Waals surface area contributed by atoms with Gasteiger partial charge in [0.05, 0.1) is 0 Å². The molecule has 1 saturated heterocycles. The summed E-state index contributed by atoms with van der Waals surface area (Å²) in [5.41, 5.74) is 0. The van der Waals surface area contributed by atoms with Gasteiger partial charge in [0.1, 0.15) is 0 Å². The molecule has 3 aliphatic heterocycles. The van der Waals surface area contributed by atoms with Gasteiger partial charge >= 0.3 is 0 Å². The van der Waals surface area contributed by atoms with E-state index in [-0.39, 0.29) is 0 Å². The molecule has 2 aromatic rings. The van der Waals surface area contributed by atoms with Gasteiger partial charge in [0.25, 0.3) is 25.2 Å². The summed E-state index contributed by atoms with van der Waals surface area (Å²) in [5.74, 6) is 2.46. The highest BCUT2D eigenvalue weighted by atomic mass is 16.9. The van der Waals surface area contributed by atoms with E-state index in [0.29, 0.717) is 23.0 Å². The molecule has 0 amide bonds. The molecule has 3 heterocycles. The van der Waals surface area contributed by atoms with E-state index >= 15 is 0 Å². The second kappa shape index (κ2) is 4.53. The Kier molecular flexibility index (Phi) is 2.50. The van der Waals surface area contributed by atoms with Gasteiger partial charge in [0, 0.05) is 0 Å². The summed E-state index contributed by atoms with van der Waals surface area (Å²) in [6.07, 6.45) is -2.81. The fraction of sp³-hybridized carbons (Fsp3) is 0.250. The van der Waals surface area contributed by atoms with Gasteiger partial charge in [0.15, 0.2) is 23.0 Å². The maximum atomic E-state index is 5.79. The van der Waals surface area contributed by atoms with E-state index in [4.69, 9.17) is 28.4 Å².